The van der Waals surface area contributed by atoms with Gasteiger partial charge in [0.2, 0.25) is 0 Å². The van der Waals surface area contributed by atoms with Gasteiger partial charge in [-0.2, -0.15) is 0 Å². The molecule has 31 heavy (non-hydrogen) atoms. The summed E-state index contributed by atoms with van der Waals surface area (Å²) in [5.74, 6) is -0.223. The Hall–Kier alpha value is -1.94. The lowest BCUT2D eigenvalue weighted by Gasteiger charge is -2.28. The highest BCUT2D eigenvalue weighted by molar-refractivity contribution is 5.65. The summed E-state index contributed by atoms with van der Waals surface area (Å²) in [6, 6.07) is 12.0. The van der Waals surface area contributed by atoms with Crippen molar-refractivity contribution in [1.29, 1.82) is 0 Å². The first-order valence-corrected chi connectivity index (χ1v) is 11.9. The molecule has 169 valence electrons. The van der Waals surface area contributed by atoms with Crippen molar-refractivity contribution in [1.82, 2.24) is 0 Å². The Labute approximate surface area is 186 Å². The van der Waals surface area contributed by atoms with Crippen LogP contribution in [0, 0.1) is 23.6 Å². The van der Waals surface area contributed by atoms with Crippen molar-refractivity contribution in [2.75, 3.05) is 13.2 Å². The van der Waals surface area contributed by atoms with Crippen molar-refractivity contribution >= 4 is 0 Å². The first kappa shape index (κ1) is 23.7. The van der Waals surface area contributed by atoms with Gasteiger partial charge in [-0.05, 0) is 61.8 Å². The molecule has 1 aliphatic rings. The summed E-state index contributed by atoms with van der Waals surface area (Å²) in [5.41, 5.74) is 1.03. The van der Waals surface area contributed by atoms with E-state index in [4.69, 9.17) is 9.47 Å². The van der Waals surface area contributed by atoms with Crippen molar-refractivity contribution in [2.24, 2.45) is 5.92 Å². The first-order valence-electron chi connectivity index (χ1n) is 11.9. The molecule has 1 radical (unpaired) electrons. The van der Waals surface area contributed by atoms with Crippen LogP contribution in [0.4, 0.5) is 8.78 Å². The average Bonchev–Trinajstić information content (AvgIpc) is 2.79. The molecule has 0 spiro atoms. The summed E-state index contributed by atoms with van der Waals surface area (Å²) in [4.78, 5) is 0. The van der Waals surface area contributed by atoms with Crippen LogP contribution in [0.2, 0.25) is 0 Å². The van der Waals surface area contributed by atoms with E-state index in [-0.39, 0.29) is 11.6 Å². The second kappa shape index (κ2) is 12.8. The normalized spacial score (nSPS) is 18.8. The minimum absolute atomic E-state index is 0.142. The van der Waals surface area contributed by atoms with Crippen molar-refractivity contribution in [3.63, 3.8) is 0 Å². The molecule has 0 heterocycles. The van der Waals surface area contributed by atoms with Gasteiger partial charge in [-0.3, -0.25) is 0 Å². The maximum atomic E-state index is 14.9. The van der Waals surface area contributed by atoms with Gasteiger partial charge in [-0.25, -0.2) is 8.78 Å². The summed E-state index contributed by atoms with van der Waals surface area (Å²) in [6.07, 6.45) is 12.2. The second-order valence-corrected chi connectivity index (χ2v) is 8.63. The third-order valence-electron chi connectivity index (χ3n) is 6.16. The van der Waals surface area contributed by atoms with Gasteiger partial charge in [0.1, 0.15) is 5.82 Å². The fourth-order valence-electron chi connectivity index (χ4n) is 4.22. The Balaban J connectivity index is 1.38. The van der Waals surface area contributed by atoms with Gasteiger partial charge in [0.05, 0.1) is 12.7 Å². The third-order valence-corrected chi connectivity index (χ3v) is 6.16. The zero-order chi connectivity index (χ0) is 21.9. The zero-order valence-electron chi connectivity index (χ0n) is 18.7. The highest BCUT2D eigenvalue weighted by atomic mass is 19.1. The highest BCUT2D eigenvalue weighted by Gasteiger charge is 2.23. The smallest absolute Gasteiger partial charge is 0.173 e. The maximum absolute atomic E-state index is 14.9. The van der Waals surface area contributed by atoms with E-state index in [1.165, 1.54) is 44.2 Å². The Bertz CT molecular complexity index is 767. The molecule has 0 bridgehead atoms. The molecule has 2 nitrogen and oxygen atoms in total. The van der Waals surface area contributed by atoms with Crippen LogP contribution in [-0.2, 0) is 4.74 Å². The van der Waals surface area contributed by atoms with Gasteiger partial charge in [0.15, 0.2) is 11.6 Å². The van der Waals surface area contributed by atoms with E-state index < -0.39 is 5.82 Å². The monoisotopic (exact) mass is 429 g/mol. The molecule has 1 saturated carbocycles. The Morgan fingerprint density at radius 1 is 0.903 bits per heavy atom. The van der Waals surface area contributed by atoms with E-state index in [1.54, 1.807) is 24.3 Å². The van der Waals surface area contributed by atoms with Gasteiger partial charge < -0.3 is 9.47 Å². The molecule has 2 aromatic rings. The van der Waals surface area contributed by atoms with Crippen LogP contribution in [0.1, 0.15) is 71.1 Å². The number of ether oxygens (including phenoxy) is 2. The molecule has 4 heteroatoms. The lowest BCUT2D eigenvalue weighted by Crippen LogP contribution is -2.25. The first-order chi connectivity index (χ1) is 15.2. The van der Waals surface area contributed by atoms with Gasteiger partial charge in [0.25, 0.3) is 0 Å². The standard InChI is InChI=1S/C27H35F2O2/c1-2-3-4-5-6-7-19-30-24-17-11-21(12-18-24)20-31-26-10-8-9-25(27(26)29)22-13-15-23(28)16-14-22/h8-9,13-16,21,24H,2-7,11-12,17-20H2,1H3/t21-,24-. The van der Waals surface area contributed by atoms with Crippen LogP contribution >= 0.6 is 0 Å². The predicted octanol–water partition coefficient (Wildman–Crippen LogP) is 7.75. The number of unbranched alkanes of at least 4 members (excludes halogenated alkanes) is 5. The highest BCUT2D eigenvalue weighted by Crippen LogP contribution is 2.31. The predicted molar refractivity (Wildman–Crippen MR) is 121 cm³/mol. The topological polar surface area (TPSA) is 18.5 Å². The van der Waals surface area contributed by atoms with Gasteiger partial charge in [-0.15, -0.1) is 0 Å². The Morgan fingerprint density at radius 3 is 2.35 bits per heavy atom. The molecule has 1 fully saturated rings. The van der Waals surface area contributed by atoms with Crippen LogP contribution in [0.15, 0.2) is 36.4 Å². The van der Waals surface area contributed by atoms with Crippen molar-refractivity contribution in [3.8, 4) is 16.9 Å². The van der Waals surface area contributed by atoms with Crippen LogP contribution in [0.3, 0.4) is 0 Å². The fraction of sp³-hybridized carbons (Fsp3) is 0.556. The Kier molecular flexibility index (Phi) is 9.80. The number of benzene rings is 2. The van der Waals surface area contributed by atoms with E-state index in [0.717, 1.165) is 38.7 Å². The van der Waals surface area contributed by atoms with Crippen LogP contribution in [-0.4, -0.2) is 19.3 Å². The fourth-order valence-corrected chi connectivity index (χ4v) is 4.22. The lowest BCUT2D eigenvalue weighted by atomic mass is 9.88. The van der Waals surface area contributed by atoms with E-state index >= 15 is 0 Å². The number of hydrogen-bond donors (Lipinski definition) is 0. The molecule has 0 aromatic heterocycles. The minimum atomic E-state index is -0.440. The third kappa shape index (κ3) is 7.60. The average molecular weight is 430 g/mol. The van der Waals surface area contributed by atoms with E-state index in [0.29, 0.717) is 29.8 Å². The summed E-state index contributed by atoms with van der Waals surface area (Å²) in [6.45, 7) is 3.60. The summed E-state index contributed by atoms with van der Waals surface area (Å²) in [5, 5.41) is 0. The van der Waals surface area contributed by atoms with Crippen LogP contribution < -0.4 is 4.74 Å². The van der Waals surface area contributed by atoms with Crippen molar-refractivity contribution in [3.05, 3.63) is 54.1 Å². The molecule has 2 aromatic carbocycles. The molecule has 0 unspecified atom stereocenters. The van der Waals surface area contributed by atoms with E-state index in [9.17, 15) is 8.78 Å². The number of halogens is 2. The quantitative estimate of drug-likeness (QED) is 0.321. The molecule has 3 rings (SSSR count). The summed E-state index contributed by atoms with van der Waals surface area (Å²) in [7, 11) is 0. The summed E-state index contributed by atoms with van der Waals surface area (Å²) < 4.78 is 39.9. The lowest BCUT2D eigenvalue weighted by molar-refractivity contribution is 0.0109. The van der Waals surface area contributed by atoms with Gasteiger partial charge in [-0.1, -0.05) is 57.2 Å². The van der Waals surface area contributed by atoms with E-state index in [1.807, 2.05) is 0 Å². The van der Waals surface area contributed by atoms with Crippen molar-refractivity contribution in [2.45, 2.75) is 77.2 Å². The molecule has 0 saturated heterocycles. The molecular formula is C27H35F2O2. The molecule has 0 amide bonds. The largest absolute Gasteiger partial charge is 0.490 e. The van der Waals surface area contributed by atoms with Crippen LogP contribution in [0.5, 0.6) is 5.75 Å². The second-order valence-electron chi connectivity index (χ2n) is 8.63. The minimum Gasteiger partial charge on any atom is -0.490 e. The van der Waals surface area contributed by atoms with Gasteiger partial charge >= 0.3 is 0 Å². The van der Waals surface area contributed by atoms with Gasteiger partial charge in [0, 0.05) is 18.2 Å². The molecule has 0 N–H and O–H groups in total. The summed E-state index contributed by atoms with van der Waals surface area (Å²) >= 11 is 0. The Morgan fingerprint density at radius 2 is 1.61 bits per heavy atom. The SMILES string of the molecule is CCCCCCCCO[C@H]1CC[C@H](COc2[c]ccc(-c3ccc(F)cc3)c2F)CC1. The maximum Gasteiger partial charge on any atom is 0.173 e. The number of rotatable bonds is 12. The van der Waals surface area contributed by atoms with E-state index in [2.05, 4.69) is 13.0 Å². The molecule has 0 atom stereocenters. The number of hydrogen-bond acceptors (Lipinski definition) is 2. The zero-order valence-corrected chi connectivity index (χ0v) is 18.7. The molecule has 0 aliphatic heterocycles. The molecular weight excluding hydrogens is 394 g/mol. The molecule has 1 aliphatic carbocycles. The van der Waals surface area contributed by atoms with Crippen molar-refractivity contribution < 1.29 is 18.3 Å². The van der Waals surface area contributed by atoms with Crippen LogP contribution in [0.25, 0.3) is 11.1 Å².